The Kier molecular flexibility index (Phi) is 4.34. The maximum atomic E-state index is 13.2. The Labute approximate surface area is 170 Å². The summed E-state index contributed by atoms with van der Waals surface area (Å²) in [5.41, 5.74) is 3.49. The number of ether oxygens (including phenoxy) is 1. The van der Waals surface area contributed by atoms with Crippen LogP contribution in [0, 0.1) is 12.8 Å². The summed E-state index contributed by atoms with van der Waals surface area (Å²) >= 11 is 0. The molecule has 0 saturated heterocycles. The Bertz CT molecular complexity index is 1020. The molecule has 1 aromatic heterocycles. The van der Waals surface area contributed by atoms with Gasteiger partial charge in [-0.2, -0.15) is 10.1 Å². The smallest absolute Gasteiger partial charge is 0.233 e. The van der Waals surface area contributed by atoms with Crippen LogP contribution in [0.3, 0.4) is 0 Å². The number of carbonyl (C=O) groups excluding carboxylic acids is 1. The molecule has 2 aliphatic rings. The van der Waals surface area contributed by atoms with E-state index >= 15 is 0 Å². The normalized spacial score (nSPS) is 21.0. The Morgan fingerprint density at radius 3 is 2.31 bits per heavy atom. The van der Waals surface area contributed by atoms with E-state index in [1.54, 1.807) is 13.4 Å². The van der Waals surface area contributed by atoms with E-state index in [4.69, 9.17) is 4.74 Å². The van der Waals surface area contributed by atoms with Gasteiger partial charge in [0.25, 0.3) is 0 Å². The van der Waals surface area contributed by atoms with Gasteiger partial charge in [0, 0.05) is 5.92 Å². The van der Waals surface area contributed by atoms with Crippen molar-refractivity contribution in [2.24, 2.45) is 5.92 Å². The molecule has 6 nitrogen and oxygen atoms in total. The molecule has 0 unspecified atom stereocenters. The first-order chi connectivity index (χ1) is 14.2. The largest absolute Gasteiger partial charge is 0.497 e. The van der Waals surface area contributed by atoms with Gasteiger partial charge in [0.2, 0.25) is 11.9 Å². The molecule has 29 heavy (non-hydrogen) atoms. The van der Waals surface area contributed by atoms with Crippen LogP contribution < -0.4 is 9.64 Å². The molecule has 148 valence electrons. The van der Waals surface area contributed by atoms with Crippen molar-refractivity contribution in [3.8, 4) is 5.75 Å². The van der Waals surface area contributed by atoms with E-state index in [-0.39, 0.29) is 23.9 Å². The summed E-state index contributed by atoms with van der Waals surface area (Å²) in [6.45, 7) is 2.09. The molecular weight excluding hydrogens is 364 g/mol. The molecular formula is C23H24N4O2. The standard InChI is InChI=1S/C23H24N4O2/c1-15-3-5-17(6-4-15)21-13-20(16-9-11-19(29-2)12-10-16)26(22(28)18-7-8-18)23-24-14-25-27(21)23/h3-6,9-12,14,18,20-21H,7-8,13H2,1-2H3/t20-,21+/m0/s1. The maximum absolute atomic E-state index is 13.2. The van der Waals surface area contributed by atoms with Crippen molar-refractivity contribution < 1.29 is 9.53 Å². The van der Waals surface area contributed by atoms with Gasteiger partial charge in [0.15, 0.2) is 0 Å². The lowest BCUT2D eigenvalue weighted by Crippen LogP contribution is -2.43. The molecule has 1 aliphatic heterocycles. The first kappa shape index (κ1) is 17.9. The third-order valence-corrected chi connectivity index (χ3v) is 5.95. The summed E-state index contributed by atoms with van der Waals surface area (Å²) in [5, 5.41) is 4.50. The first-order valence-electron chi connectivity index (χ1n) is 10.1. The third-order valence-electron chi connectivity index (χ3n) is 5.95. The van der Waals surface area contributed by atoms with Crippen LogP contribution in [0.2, 0.25) is 0 Å². The van der Waals surface area contributed by atoms with Crippen molar-refractivity contribution >= 4 is 11.9 Å². The molecule has 1 aliphatic carbocycles. The number of fused-ring (bicyclic) bond motifs is 1. The van der Waals surface area contributed by atoms with E-state index in [0.29, 0.717) is 5.95 Å². The molecule has 1 saturated carbocycles. The minimum Gasteiger partial charge on any atom is -0.497 e. The van der Waals surface area contributed by atoms with Crippen LogP contribution in [0.1, 0.15) is 48.0 Å². The van der Waals surface area contributed by atoms with Crippen LogP contribution in [0.25, 0.3) is 0 Å². The Hall–Kier alpha value is -3.15. The van der Waals surface area contributed by atoms with Crippen molar-refractivity contribution in [1.29, 1.82) is 0 Å². The molecule has 6 heteroatoms. The van der Waals surface area contributed by atoms with E-state index in [9.17, 15) is 4.79 Å². The van der Waals surface area contributed by atoms with Crippen molar-refractivity contribution in [3.05, 3.63) is 71.5 Å². The predicted molar refractivity (Wildman–Crippen MR) is 110 cm³/mol. The number of methoxy groups -OCH3 is 1. The number of benzene rings is 2. The average Bonchev–Trinajstić information content (AvgIpc) is 3.50. The Morgan fingerprint density at radius 2 is 1.66 bits per heavy atom. The van der Waals surface area contributed by atoms with Gasteiger partial charge in [-0.15, -0.1) is 0 Å². The second-order valence-corrected chi connectivity index (χ2v) is 7.94. The number of aryl methyl sites for hydroxylation is 1. The summed E-state index contributed by atoms with van der Waals surface area (Å²) in [5.74, 6) is 1.71. The molecule has 0 spiro atoms. The Balaban J connectivity index is 1.60. The second-order valence-electron chi connectivity index (χ2n) is 7.94. The minimum atomic E-state index is -0.0861. The summed E-state index contributed by atoms with van der Waals surface area (Å²) in [6, 6.07) is 16.5. The number of aromatic nitrogens is 3. The highest BCUT2D eigenvalue weighted by Gasteiger charge is 2.44. The quantitative estimate of drug-likeness (QED) is 0.676. The zero-order chi connectivity index (χ0) is 20.0. The fraction of sp³-hybridized carbons (Fsp3) is 0.348. The minimum absolute atomic E-state index is 0.0310. The fourth-order valence-corrected chi connectivity index (χ4v) is 4.15. The van der Waals surface area contributed by atoms with Gasteiger partial charge in [0.1, 0.15) is 12.1 Å². The van der Waals surface area contributed by atoms with Gasteiger partial charge >= 0.3 is 0 Å². The van der Waals surface area contributed by atoms with Crippen molar-refractivity contribution in [3.63, 3.8) is 0 Å². The lowest BCUT2D eigenvalue weighted by atomic mass is 9.91. The van der Waals surface area contributed by atoms with E-state index in [0.717, 1.165) is 30.6 Å². The predicted octanol–water partition coefficient (Wildman–Crippen LogP) is 4.07. The van der Waals surface area contributed by atoms with Gasteiger partial charge in [0.05, 0.1) is 19.2 Å². The molecule has 0 bridgehead atoms. The molecule has 5 rings (SSSR count). The highest BCUT2D eigenvalue weighted by molar-refractivity contribution is 5.96. The van der Waals surface area contributed by atoms with Crippen LogP contribution in [0.15, 0.2) is 54.9 Å². The lowest BCUT2D eigenvalue weighted by molar-refractivity contribution is -0.120. The van der Waals surface area contributed by atoms with E-state index in [1.165, 1.54) is 11.1 Å². The van der Waals surface area contributed by atoms with Gasteiger partial charge < -0.3 is 4.74 Å². The van der Waals surface area contributed by atoms with Crippen molar-refractivity contribution in [2.75, 3.05) is 12.0 Å². The van der Waals surface area contributed by atoms with E-state index in [2.05, 4.69) is 53.4 Å². The van der Waals surface area contributed by atoms with Crippen LogP contribution in [-0.4, -0.2) is 27.8 Å². The van der Waals surface area contributed by atoms with Crippen LogP contribution >= 0.6 is 0 Å². The number of hydrogen-bond donors (Lipinski definition) is 0. The number of hydrogen-bond acceptors (Lipinski definition) is 4. The topological polar surface area (TPSA) is 60.2 Å². The summed E-state index contributed by atoms with van der Waals surface area (Å²) in [7, 11) is 1.66. The highest BCUT2D eigenvalue weighted by Crippen LogP contribution is 2.44. The second kappa shape index (κ2) is 7.03. The average molecular weight is 388 g/mol. The molecule has 2 heterocycles. The molecule has 0 radical (unpaired) electrons. The Morgan fingerprint density at radius 1 is 1.00 bits per heavy atom. The van der Waals surface area contributed by atoms with Gasteiger partial charge in [-0.25, -0.2) is 4.68 Å². The van der Waals surface area contributed by atoms with Gasteiger partial charge in [-0.1, -0.05) is 42.0 Å². The van der Waals surface area contributed by atoms with Crippen LogP contribution in [0.4, 0.5) is 5.95 Å². The van der Waals surface area contributed by atoms with E-state index in [1.807, 2.05) is 21.7 Å². The lowest BCUT2D eigenvalue weighted by Gasteiger charge is -2.39. The van der Waals surface area contributed by atoms with Crippen LogP contribution in [-0.2, 0) is 4.79 Å². The highest BCUT2D eigenvalue weighted by atomic mass is 16.5. The number of rotatable bonds is 4. The first-order valence-corrected chi connectivity index (χ1v) is 10.1. The number of nitrogens with zero attached hydrogens (tertiary/aromatic N) is 4. The number of anilines is 1. The molecule has 0 N–H and O–H groups in total. The van der Waals surface area contributed by atoms with Gasteiger partial charge in [-0.05, 0) is 49.4 Å². The van der Waals surface area contributed by atoms with E-state index < -0.39 is 0 Å². The zero-order valence-electron chi connectivity index (χ0n) is 16.7. The SMILES string of the molecule is COc1ccc([C@@H]2C[C@H](c3ccc(C)cc3)n3ncnc3N2C(=O)C2CC2)cc1. The molecule has 3 aromatic rings. The van der Waals surface area contributed by atoms with Crippen molar-refractivity contribution in [2.45, 2.75) is 38.3 Å². The van der Waals surface area contributed by atoms with Crippen LogP contribution in [0.5, 0.6) is 5.75 Å². The number of carbonyl (C=O) groups is 1. The third kappa shape index (κ3) is 3.18. The summed E-state index contributed by atoms with van der Waals surface area (Å²) < 4.78 is 7.23. The molecule has 1 amide bonds. The monoisotopic (exact) mass is 388 g/mol. The maximum Gasteiger partial charge on any atom is 0.233 e. The summed E-state index contributed by atoms with van der Waals surface area (Å²) in [4.78, 5) is 19.6. The fourth-order valence-electron chi connectivity index (χ4n) is 4.15. The zero-order valence-corrected chi connectivity index (χ0v) is 16.7. The number of amides is 1. The molecule has 2 aromatic carbocycles. The summed E-state index contributed by atoms with van der Waals surface area (Å²) in [6.07, 6.45) is 4.23. The van der Waals surface area contributed by atoms with Gasteiger partial charge in [-0.3, -0.25) is 9.69 Å². The van der Waals surface area contributed by atoms with Crippen molar-refractivity contribution in [1.82, 2.24) is 14.8 Å². The molecule has 1 fully saturated rings. The molecule has 2 atom stereocenters.